The number of hydrogen-bond acceptors (Lipinski definition) is 2. The first-order chi connectivity index (χ1) is 14.5. The zero-order valence-electron chi connectivity index (χ0n) is 17.6. The number of rotatable bonds is 6. The SMILES string of the molecule is CC[C@@H](C)Oc1ccc(NC(=O)C2(c3ccc(Cl)cc3)CCCC2)c2ccccc12. The Kier molecular flexibility index (Phi) is 6.01. The van der Waals surface area contributed by atoms with Crippen LogP contribution in [0.3, 0.4) is 0 Å². The average molecular weight is 422 g/mol. The Morgan fingerprint density at radius 2 is 1.70 bits per heavy atom. The number of nitrogens with one attached hydrogen (secondary N) is 1. The highest BCUT2D eigenvalue weighted by Gasteiger charge is 2.42. The molecule has 1 fully saturated rings. The van der Waals surface area contributed by atoms with Crippen molar-refractivity contribution in [2.45, 2.75) is 57.5 Å². The second kappa shape index (κ2) is 8.69. The first-order valence-electron chi connectivity index (χ1n) is 10.8. The fraction of sp³-hybridized carbons (Fsp3) is 0.346. The predicted molar refractivity (Wildman–Crippen MR) is 125 cm³/mol. The van der Waals surface area contributed by atoms with Crippen molar-refractivity contribution in [2.24, 2.45) is 0 Å². The van der Waals surface area contributed by atoms with E-state index in [1.807, 2.05) is 60.7 Å². The van der Waals surface area contributed by atoms with Gasteiger partial charge in [0.05, 0.1) is 11.5 Å². The lowest BCUT2D eigenvalue weighted by Crippen LogP contribution is -2.38. The maximum atomic E-state index is 13.6. The fourth-order valence-electron chi connectivity index (χ4n) is 4.42. The summed E-state index contributed by atoms with van der Waals surface area (Å²) in [5, 5.41) is 5.95. The van der Waals surface area contributed by atoms with Crippen LogP contribution in [-0.4, -0.2) is 12.0 Å². The van der Waals surface area contributed by atoms with E-state index in [1.165, 1.54) is 0 Å². The summed E-state index contributed by atoms with van der Waals surface area (Å²) in [5.41, 5.74) is 1.37. The molecule has 4 rings (SSSR count). The van der Waals surface area contributed by atoms with Crippen molar-refractivity contribution >= 4 is 34.0 Å². The van der Waals surface area contributed by atoms with E-state index in [4.69, 9.17) is 16.3 Å². The second-order valence-electron chi connectivity index (χ2n) is 8.24. The average Bonchev–Trinajstić information content (AvgIpc) is 3.27. The van der Waals surface area contributed by atoms with E-state index >= 15 is 0 Å². The summed E-state index contributed by atoms with van der Waals surface area (Å²) >= 11 is 6.09. The molecule has 0 bridgehead atoms. The van der Waals surface area contributed by atoms with Crippen molar-refractivity contribution < 1.29 is 9.53 Å². The molecule has 1 atom stereocenters. The molecule has 30 heavy (non-hydrogen) atoms. The van der Waals surface area contributed by atoms with Gasteiger partial charge in [-0.3, -0.25) is 4.79 Å². The lowest BCUT2D eigenvalue weighted by molar-refractivity contribution is -0.121. The molecule has 3 aromatic rings. The van der Waals surface area contributed by atoms with Crippen LogP contribution in [0.4, 0.5) is 5.69 Å². The van der Waals surface area contributed by atoms with Crippen LogP contribution < -0.4 is 10.1 Å². The number of benzene rings is 3. The number of anilines is 1. The lowest BCUT2D eigenvalue weighted by Gasteiger charge is -2.29. The van der Waals surface area contributed by atoms with E-state index in [9.17, 15) is 4.79 Å². The van der Waals surface area contributed by atoms with Gasteiger partial charge in [-0.2, -0.15) is 0 Å². The molecule has 3 aromatic carbocycles. The Morgan fingerprint density at radius 1 is 1.03 bits per heavy atom. The number of amides is 1. The largest absolute Gasteiger partial charge is 0.490 e. The van der Waals surface area contributed by atoms with Gasteiger partial charge in [-0.1, -0.05) is 67.8 Å². The first kappa shape index (κ1) is 20.7. The Balaban J connectivity index is 1.69. The molecular weight excluding hydrogens is 394 g/mol. The smallest absolute Gasteiger partial charge is 0.235 e. The molecule has 3 nitrogen and oxygen atoms in total. The minimum atomic E-state index is -0.502. The molecule has 1 aliphatic rings. The number of halogens is 1. The van der Waals surface area contributed by atoms with Crippen LogP contribution in [-0.2, 0) is 10.2 Å². The van der Waals surface area contributed by atoms with Gasteiger partial charge in [-0.15, -0.1) is 0 Å². The van der Waals surface area contributed by atoms with Gasteiger partial charge >= 0.3 is 0 Å². The van der Waals surface area contributed by atoms with Crippen molar-refractivity contribution in [1.82, 2.24) is 0 Å². The van der Waals surface area contributed by atoms with Crippen molar-refractivity contribution in [3.8, 4) is 5.75 Å². The second-order valence-corrected chi connectivity index (χ2v) is 8.68. The first-order valence-corrected chi connectivity index (χ1v) is 11.2. The molecule has 156 valence electrons. The topological polar surface area (TPSA) is 38.3 Å². The van der Waals surface area contributed by atoms with E-state index in [1.54, 1.807) is 0 Å². The molecule has 0 unspecified atom stereocenters. The standard InChI is InChI=1S/C26H28ClNO2/c1-3-18(2)30-24-15-14-23(21-8-4-5-9-22(21)24)28-25(29)26(16-6-7-17-26)19-10-12-20(27)13-11-19/h4-5,8-15,18H,3,6-7,16-17H2,1-2H3,(H,28,29)/t18-/m1/s1. The summed E-state index contributed by atoms with van der Waals surface area (Å²) in [7, 11) is 0. The van der Waals surface area contributed by atoms with Crippen molar-refractivity contribution in [1.29, 1.82) is 0 Å². The number of carbonyl (C=O) groups excluding carboxylic acids is 1. The van der Waals surface area contributed by atoms with Crippen LogP contribution in [0.2, 0.25) is 5.02 Å². The van der Waals surface area contributed by atoms with Gasteiger partial charge in [0.2, 0.25) is 5.91 Å². The number of fused-ring (bicyclic) bond motifs is 1. The maximum Gasteiger partial charge on any atom is 0.235 e. The summed E-state index contributed by atoms with van der Waals surface area (Å²) in [4.78, 5) is 13.6. The lowest BCUT2D eigenvalue weighted by atomic mass is 9.78. The van der Waals surface area contributed by atoms with Gasteiger partial charge in [0.25, 0.3) is 0 Å². The summed E-state index contributed by atoms with van der Waals surface area (Å²) in [5.74, 6) is 0.911. The molecule has 0 spiro atoms. The highest BCUT2D eigenvalue weighted by atomic mass is 35.5. The normalized spacial score (nSPS) is 16.4. The van der Waals surface area contributed by atoms with Crippen molar-refractivity contribution in [3.63, 3.8) is 0 Å². The third-order valence-electron chi connectivity index (χ3n) is 6.32. The molecule has 1 N–H and O–H groups in total. The quantitative estimate of drug-likeness (QED) is 0.460. The van der Waals surface area contributed by atoms with Crippen molar-refractivity contribution in [3.05, 3.63) is 71.2 Å². The Bertz CT molecular complexity index is 1040. The van der Waals surface area contributed by atoms with E-state index in [-0.39, 0.29) is 12.0 Å². The van der Waals surface area contributed by atoms with Gasteiger partial charge in [-0.25, -0.2) is 0 Å². The maximum absolute atomic E-state index is 13.6. The van der Waals surface area contributed by atoms with E-state index in [2.05, 4.69) is 19.2 Å². The summed E-state index contributed by atoms with van der Waals surface area (Å²) in [6.45, 7) is 4.18. The molecule has 0 saturated heterocycles. The van der Waals surface area contributed by atoms with Gasteiger partial charge in [0, 0.05) is 21.5 Å². The zero-order chi connectivity index (χ0) is 21.1. The Morgan fingerprint density at radius 3 is 2.37 bits per heavy atom. The van der Waals surface area contributed by atoms with Crippen LogP contribution in [0, 0.1) is 0 Å². The van der Waals surface area contributed by atoms with Gasteiger partial charge < -0.3 is 10.1 Å². The van der Waals surface area contributed by atoms with Crippen molar-refractivity contribution in [2.75, 3.05) is 5.32 Å². The number of carbonyl (C=O) groups is 1. The number of hydrogen-bond donors (Lipinski definition) is 1. The Labute approximate surface area is 183 Å². The molecule has 1 saturated carbocycles. The third-order valence-corrected chi connectivity index (χ3v) is 6.58. The highest BCUT2D eigenvalue weighted by Crippen LogP contribution is 2.43. The minimum Gasteiger partial charge on any atom is -0.490 e. The van der Waals surface area contributed by atoms with Crippen LogP contribution in [0.25, 0.3) is 10.8 Å². The van der Waals surface area contributed by atoms with Gasteiger partial charge in [0.1, 0.15) is 5.75 Å². The van der Waals surface area contributed by atoms with Gasteiger partial charge in [-0.05, 0) is 56.0 Å². The third kappa shape index (κ3) is 3.91. The zero-order valence-corrected chi connectivity index (χ0v) is 18.3. The summed E-state index contributed by atoms with van der Waals surface area (Å²) in [6, 6.07) is 19.8. The van der Waals surface area contributed by atoms with Crippen LogP contribution in [0.15, 0.2) is 60.7 Å². The fourth-order valence-corrected chi connectivity index (χ4v) is 4.55. The molecule has 0 aromatic heterocycles. The van der Waals surface area contributed by atoms with Crippen LogP contribution in [0.5, 0.6) is 5.75 Å². The molecule has 1 aliphatic carbocycles. The van der Waals surface area contributed by atoms with E-state index < -0.39 is 5.41 Å². The van der Waals surface area contributed by atoms with E-state index in [0.717, 1.165) is 59.9 Å². The molecule has 1 amide bonds. The molecular formula is C26H28ClNO2. The van der Waals surface area contributed by atoms with Crippen LogP contribution in [0.1, 0.15) is 51.5 Å². The molecule has 0 aliphatic heterocycles. The minimum absolute atomic E-state index is 0.0584. The Hall–Kier alpha value is -2.52. The van der Waals surface area contributed by atoms with Crippen LogP contribution >= 0.6 is 11.6 Å². The highest BCUT2D eigenvalue weighted by molar-refractivity contribution is 6.30. The van der Waals surface area contributed by atoms with Gasteiger partial charge in [0.15, 0.2) is 0 Å². The monoisotopic (exact) mass is 421 g/mol. The summed E-state index contributed by atoms with van der Waals surface area (Å²) < 4.78 is 6.11. The molecule has 4 heteroatoms. The number of ether oxygens (including phenoxy) is 1. The molecule has 0 heterocycles. The van der Waals surface area contributed by atoms with E-state index in [0.29, 0.717) is 5.02 Å². The summed E-state index contributed by atoms with van der Waals surface area (Å²) in [6.07, 6.45) is 4.90. The molecule has 0 radical (unpaired) electrons. The predicted octanol–water partition coefficient (Wildman–Crippen LogP) is 7.12.